The fourth-order valence-electron chi connectivity index (χ4n) is 1.72. The molecule has 0 amide bonds. The molecule has 3 rings (SSSR count). The minimum absolute atomic E-state index is 0.242. The van der Waals surface area contributed by atoms with E-state index in [0.29, 0.717) is 17.5 Å². The summed E-state index contributed by atoms with van der Waals surface area (Å²) in [5.74, 6) is 1.65. The molecule has 1 heterocycles. The van der Waals surface area contributed by atoms with Crippen LogP contribution in [0.5, 0.6) is 5.75 Å². The first-order valence-corrected chi connectivity index (χ1v) is 6.17. The first kappa shape index (κ1) is 12.2. The van der Waals surface area contributed by atoms with E-state index in [0.717, 1.165) is 11.3 Å². The summed E-state index contributed by atoms with van der Waals surface area (Å²) in [6, 6.07) is 16.7. The van der Waals surface area contributed by atoms with Crippen LogP contribution in [0.1, 0.15) is 5.89 Å². The van der Waals surface area contributed by atoms with E-state index in [4.69, 9.17) is 14.9 Å². The summed E-state index contributed by atoms with van der Waals surface area (Å²) < 4.78 is 11.1. The third-order valence-electron chi connectivity index (χ3n) is 2.73. The van der Waals surface area contributed by atoms with Crippen molar-refractivity contribution in [2.24, 2.45) is 0 Å². The Morgan fingerprint density at radius 3 is 2.45 bits per heavy atom. The van der Waals surface area contributed by atoms with E-state index in [1.165, 1.54) is 0 Å². The SMILES string of the molecule is Nc1ccc(-c2nnc(COc3ccccc3)o2)cc1. The fourth-order valence-corrected chi connectivity index (χ4v) is 1.72. The molecule has 0 fully saturated rings. The smallest absolute Gasteiger partial charge is 0.254 e. The number of nitrogen functional groups attached to an aromatic ring is 1. The molecule has 20 heavy (non-hydrogen) atoms. The maximum atomic E-state index is 5.64. The van der Waals surface area contributed by atoms with Crippen LogP contribution in [0.2, 0.25) is 0 Å². The normalized spacial score (nSPS) is 10.4. The Labute approximate surface area is 116 Å². The van der Waals surface area contributed by atoms with Crippen molar-refractivity contribution in [2.75, 3.05) is 5.73 Å². The van der Waals surface area contributed by atoms with Gasteiger partial charge in [0.1, 0.15) is 5.75 Å². The van der Waals surface area contributed by atoms with E-state index in [9.17, 15) is 0 Å². The highest BCUT2D eigenvalue weighted by Gasteiger charge is 2.08. The lowest BCUT2D eigenvalue weighted by Gasteiger charge is -2.01. The van der Waals surface area contributed by atoms with Crippen molar-refractivity contribution in [1.82, 2.24) is 10.2 Å². The predicted octanol–water partition coefficient (Wildman–Crippen LogP) is 2.90. The summed E-state index contributed by atoms with van der Waals surface area (Å²) in [7, 11) is 0. The van der Waals surface area contributed by atoms with Crippen LogP contribution in [0.3, 0.4) is 0 Å². The molecule has 0 atom stereocenters. The van der Waals surface area contributed by atoms with Gasteiger partial charge in [0.15, 0.2) is 6.61 Å². The lowest BCUT2D eigenvalue weighted by atomic mass is 10.2. The molecule has 1 aromatic heterocycles. The van der Waals surface area contributed by atoms with Crippen LogP contribution in [0.25, 0.3) is 11.5 Å². The van der Waals surface area contributed by atoms with Crippen molar-refractivity contribution < 1.29 is 9.15 Å². The molecule has 5 heteroatoms. The summed E-state index contributed by atoms with van der Waals surface area (Å²) in [6.07, 6.45) is 0. The van der Waals surface area contributed by atoms with Crippen molar-refractivity contribution in [2.45, 2.75) is 6.61 Å². The number of rotatable bonds is 4. The Morgan fingerprint density at radius 2 is 1.70 bits per heavy atom. The van der Waals surface area contributed by atoms with Crippen molar-refractivity contribution in [3.63, 3.8) is 0 Å². The zero-order valence-corrected chi connectivity index (χ0v) is 10.7. The van der Waals surface area contributed by atoms with Crippen molar-refractivity contribution in [3.8, 4) is 17.2 Å². The molecular weight excluding hydrogens is 254 g/mol. The molecule has 0 spiro atoms. The monoisotopic (exact) mass is 267 g/mol. The lowest BCUT2D eigenvalue weighted by molar-refractivity contribution is 0.264. The van der Waals surface area contributed by atoms with E-state index in [2.05, 4.69) is 10.2 Å². The molecule has 0 saturated heterocycles. The highest BCUT2D eigenvalue weighted by Crippen LogP contribution is 2.19. The van der Waals surface area contributed by atoms with Gasteiger partial charge in [-0.1, -0.05) is 18.2 Å². The van der Waals surface area contributed by atoms with Crippen LogP contribution in [-0.2, 0) is 6.61 Å². The number of para-hydroxylation sites is 1. The second-order valence-electron chi connectivity index (χ2n) is 4.22. The first-order valence-electron chi connectivity index (χ1n) is 6.17. The molecule has 100 valence electrons. The van der Waals surface area contributed by atoms with Gasteiger partial charge in [-0.15, -0.1) is 10.2 Å². The third kappa shape index (κ3) is 2.77. The Bertz CT molecular complexity index is 678. The molecule has 3 aromatic rings. The van der Waals surface area contributed by atoms with Crippen LogP contribution >= 0.6 is 0 Å². The second-order valence-corrected chi connectivity index (χ2v) is 4.22. The summed E-state index contributed by atoms with van der Waals surface area (Å²) in [5, 5.41) is 7.95. The van der Waals surface area contributed by atoms with E-state index in [-0.39, 0.29) is 6.61 Å². The minimum atomic E-state index is 0.242. The molecule has 0 bridgehead atoms. The topological polar surface area (TPSA) is 74.2 Å². The Kier molecular flexibility index (Phi) is 3.33. The number of hydrogen-bond acceptors (Lipinski definition) is 5. The molecule has 2 N–H and O–H groups in total. The van der Waals surface area contributed by atoms with E-state index in [1.807, 2.05) is 42.5 Å². The van der Waals surface area contributed by atoms with Crippen molar-refractivity contribution >= 4 is 5.69 Å². The van der Waals surface area contributed by atoms with Gasteiger partial charge in [0.25, 0.3) is 5.89 Å². The van der Waals surface area contributed by atoms with Crippen molar-refractivity contribution in [3.05, 3.63) is 60.5 Å². The number of nitrogens with zero attached hydrogens (tertiary/aromatic N) is 2. The van der Waals surface area contributed by atoms with Gasteiger partial charge in [0.05, 0.1) is 0 Å². The van der Waals surface area contributed by atoms with E-state index < -0.39 is 0 Å². The van der Waals surface area contributed by atoms with Gasteiger partial charge < -0.3 is 14.9 Å². The molecule has 5 nitrogen and oxygen atoms in total. The highest BCUT2D eigenvalue weighted by molar-refractivity contribution is 5.56. The van der Waals surface area contributed by atoms with Gasteiger partial charge in [-0.05, 0) is 36.4 Å². The lowest BCUT2D eigenvalue weighted by Crippen LogP contribution is -1.95. The first-order chi connectivity index (χ1) is 9.81. The maximum absolute atomic E-state index is 5.64. The van der Waals surface area contributed by atoms with Gasteiger partial charge in [-0.25, -0.2) is 0 Å². The number of ether oxygens (including phenoxy) is 1. The van der Waals surface area contributed by atoms with Gasteiger partial charge >= 0.3 is 0 Å². The number of benzene rings is 2. The van der Waals surface area contributed by atoms with E-state index >= 15 is 0 Å². The molecule has 0 aliphatic rings. The zero-order chi connectivity index (χ0) is 13.8. The molecule has 0 unspecified atom stereocenters. The van der Waals surface area contributed by atoms with Gasteiger partial charge in [0, 0.05) is 11.3 Å². The van der Waals surface area contributed by atoms with E-state index in [1.54, 1.807) is 12.1 Å². The highest BCUT2D eigenvalue weighted by atomic mass is 16.5. The second kappa shape index (κ2) is 5.44. The Hall–Kier alpha value is -2.82. The predicted molar refractivity (Wildman–Crippen MR) is 74.9 cm³/mol. The standard InChI is InChI=1S/C15H13N3O2/c16-12-8-6-11(7-9-12)15-18-17-14(20-15)10-19-13-4-2-1-3-5-13/h1-9H,10,16H2. The molecule has 0 saturated carbocycles. The summed E-state index contributed by atoms with van der Waals surface area (Å²) >= 11 is 0. The zero-order valence-electron chi connectivity index (χ0n) is 10.7. The quantitative estimate of drug-likeness (QED) is 0.736. The Morgan fingerprint density at radius 1 is 0.950 bits per heavy atom. The number of hydrogen-bond donors (Lipinski definition) is 1. The van der Waals surface area contributed by atoms with Crippen LogP contribution in [-0.4, -0.2) is 10.2 Å². The van der Waals surface area contributed by atoms with Gasteiger partial charge in [-0.2, -0.15) is 0 Å². The number of nitrogens with two attached hydrogens (primary N) is 1. The number of anilines is 1. The summed E-state index contributed by atoms with van der Waals surface area (Å²) in [4.78, 5) is 0. The Balaban J connectivity index is 1.69. The summed E-state index contributed by atoms with van der Waals surface area (Å²) in [5.41, 5.74) is 7.16. The third-order valence-corrected chi connectivity index (χ3v) is 2.73. The molecule has 0 aliphatic carbocycles. The van der Waals surface area contributed by atoms with Gasteiger partial charge in [-0.3, -0.25) is 0 Å². The average Bonchev–Trinajstić information content (AvgIpc) is 2.96. The molecule has 0 radical (unpaired) electrons. The maximum Gasteiger partial charge on any atom is 0.254 e. The minimum Gasteiger partial charge on any atom is -0.484 e. The van der Waals surface area contributed by atoms with Gasteiger partial charge in [0.2, 0.25) is 5.89 Å². The number of aromatic nitrogens is 2. The van der Waals surface area contributed by atoms with Crippen LogP contribution < -0.4 is 10.5 Å². The van der Waals surface area contributed by atoms with Crippen LogP contribution in [0, 0.1) is 0 Å². The van der Waals surface area contributed by atoms with Crippen LogP contribution in [0.15, 0.2) is 59.0 Å². The molecular formula is C15H13N3O2. The average molecular weight is 267 g/mol. The van der Waals surface area contributed by atoms with Crippen LogP contribution in [0.4, 0.5) is 5.69 Å². The van der Waals surface area contributed by atoms with Crippen molar-refractivity contribution in [1.29, 1.82) is 0 Å². The summed E-state index contributed by atoms with van der Waals surface area (Å²) in [6.45, 7) is 0.242. The fraction of sp³-hybridized carbons (Fsp3) is 0.0667. The molecule has 0 aliphatic heterocycles. The largest absolute Gasteiger partial charge is 0.484 e. The molecule has 2 aromatic carbocycles.